The van der Waals surface area contributed by atoms with Crippen LogP contribution in [0.5, 0.6) is 0 Å². The van der Waals surface area contributed by atoms with Crippen molar-refractivity contribution < 1.29 is 9.90 Å². The topological polar surface area (TPSA) is 87.1 Å². The fourth-order valence-electron chi connectivity index (χ4n) is 2.25. The van der Waals surface area contributed by atoms with Crippen molar-refractivity contribution in [2.45, 2.75) is 0 Å². The quantitative estimate of drug-likeness (QED) is 0.672. The molecule has 0 aliphatic rings. The molecule has 3 N–H and O–H groups in total. The molecule has 116 valence electrons. The molecule has 2 aromatic carbocycles. The smallest absolute Gasteiger partial charge is 0.251 e. The highest BCUT2D eigenvalue weighted by molar-refractivity contribution is 5.96. The van der Waals surface area contributed by atoms with E-state index in [-0.39, 0.29) is 19.1 Å². The van der Waals surface area contributed by atoms with Gasteiger partial charge in [0.15, 0.2) is 0 Å². The zero-order valence-corrected chi connectivity index (χ0v) is 12.4. The summed E-state index contributed by atoms with van der Waals surface area (Å²) < 4.78 is 0. The Morgan fingerprint density at radius 1 is 1.09 bits per heavy atom. The second-order valence-corrected chi connectivity index (χ2v) is 4.92. The second-order valence-electron chi connectivity index (χ2n) is 4.92. The molecule has 1 amide bonds. The molecule has 23 heavy (non-hydrogen) atoms. The Balaban J connectivity index is 1.86. The first-order valence-electron chi connectivity index (χ1n) is 7.24. The number of aliphatic hydroxyl groups is 1. The minimum absolute atomic E-state index is 0.0867. The van der Waals surface area contributed by atoms with Crippen molar-refractivity contribution in [2.75, 3.05) is 18.5 Å². The summed E-state index contributed by atoms with van der Waals surface area (Å²) >= 11 is 0. The molecule has 3 aromatic rings. The first kappa shape index (κ1) is 14.9. The summed E-state index contributed by atoms with van der Waals surface area (Å²) in [6.07, 6.45) is 1.50. The monoisotopic (exact) mass is 308 g/mol. The summed E-state index contributed by atoms with van der Waals surface area (Å²) in [6, 6.07) is 14.8. The number of anilines is 2. The lowest BCUT2D eigenvalue weighted by Gasteiger charge is -2.10. The summed E-state index contributed by atoms with van der Waals surface area (Å²) in [5.74, 6) is 0.457. The van der Waals surface area contributed by atoms with Crippen LogP contribution < -0.4 is 10.6 Å². The molecule has 0 atom stereocenters. The van der Waals surface area contributed by atoms with Crippen LogP contribution in [0, 0.1) is 0 Å². The van der Waals surface area contributed by atoms with Gasteiger partial charge in [0, 0.05) is 23.2 Å². The van der Waals surface area contributed by atoms with E-state index >= 15 is 0 Å². The third-order valence-electron chi connectivity index (χ3n) is 3.33. The van der Waals surface area contributed by atoms with Gasteiger partial charge in [0.05, 0.1) is 12.1 Å². The molecule has 0 spiro atoms. The molecule has 0 radical (unpaired) electrons. The van der Waals surface area contributed by atoms with Gasteiger partial charge in [-0.2, -0.15) is 0 Å². The maximum atomic E-state index is 11.9. The molecule has 1 heterocycles. The molecule has 6 nitrogen and oxygen atoms in total. The van der Waals surface area contributed by atoms with Gasteiger partial charge in [-0.05, 0) is 30.3 Å². The standard InChI is InChI=1S/C17H16N4O2/c22-9-8-18-17(23)12-4-3-5-13(10-12)21-16-14-6-1-2-7-15(14)19-11-20-16/h1-7,10-11,22H,8-9H2,(H,18,23)(H,19,20,21). The van der Waals surface area contributed by atoms with Gasteiger partial charge in [-0.1, -0.05) is 18.2 Å². The van der Waals surface area contributed by atoms with Gasteiger partial charge < -0.3 is 15.7 Å². The number of aliphatic hydroxyl groups excluding tert-OH is 1. The van der Waals surface area contributed by atoms with E-state index in [1.54, 1.807) is 18.2 Å². The highest BCUT2D eigenvalue weighted by Crippen LogP contribution is 2.23. The van der Waals surface area contributed by atoms with Crippen LogP contribution >= 0.6 is 0 Å². The minimum Gasteiger partial charge on any atom is -0.395 e. The highest BCUT2D eigenvalue weighted by atomic mass is 16.3. The van der Waals surface area contributed by atoms with Crippen molar-refractivity contribution in [3.63, 3.8) is 0 Å². The van der Waals surface area contributed by atoms with Crippen LogP contribution in [0.3, 0.4) is 0 Å². The van der Waals surface area contributed by atoms with Gasteiger partial charge in [0.25, 0.3) is 5.91 Å². The van der Waals surface area contributed by atoms with Crippen LogP contribution in [0.15, 0.2) is 54.9 Å². The second kappa shape index (κ2) is 6.85. The third-order valence-corrected chi connectivity index (χ3v) is 3.33. The number of para-hydroxylation sites is 1. The number of aromatic nitrogens is 2. The van der Waals surface area contributed by atoms with E-state index in [4.69, 9.17) is 5.11 Å². The normalized spacial score (nSPS) is 10.5. The molecule has 3 rings (SSSR count). The number of nitrogens with zero attached hydrogens (tertiary/aromatic N) is 2. The van der Waals surface area contributed by atoms with Crippen LogP contribution in [0.25, 0.3) is 10.9 Å². The van der Waals surface area contributed by atoms with Crippen molar-refractivity contribution in [3.05, 3.63) is 60.4 Å². The average molecular weight is 308 g/mol. The fourth-order valence-corrected chi connectivity index (χ4v) is 2.25. The maximum Gasteiger partial charge on any atom is 0.251 e. The van der Waals surface area contributed by atoms with Crippen LogP contribution in [0.1, 0.15) is 10.4 Å². The van der Waals surface area contributed by atoms with Crippen LogP contribution in [-0.2, 0) is 0 Å². The zero-order chi connectivity index (χ0) is 16.1. The number of hydrogen-bond acceptors (Lipinski definition) is 5. The molecule has 0 bridgehead atoms. The lowest BCUT2D eigenvalue weighted by Crippen LogP contribution is -2.26. The summed E-state index contributed by atoms with van der Waals surface area (Å²) in [5, 5.41) is 15.5. The highest BCUT2D eigenvalue weighted by Gasteiger charge is 2.07. The van der Waals surface area contributed by atoms with E-state index in [1.807, 2.05) is 30.3 Å². The SMILES string of the molecule is O=C(NCCO)c1cccc(Nc2ncnc3ccccc23)c1. The molecule has 0 aliphatic carbocycles. The minimum atomic E-state index is -0.227. The molecular formula is C17H16N4O2. The van der Waals surface area contributed by atoms with Gasteiger partial charge in [0.1, 0.15) is 12.1 Å². The lowest BCUT2D eigenvalue weighted by atomic mass is 10.1. The Hall–Kier alpha value is -2.99. The molecule has 0 saturated carbocycles. The number of hydrogen-bond donors (Lipinski definition) is 3. The summed E-state index contributed by atoms with van der Waals surface area (Å²) in [4.78, 5) is 20.4. The van der Waals surface area contributed by atoms with Gasteiger partial charge in [0.2, 0.25) is 0 Å². The van der Waals surface area contributed by atoms with Gasteiger partial charge in [-0.15, -0.1) is 0 Å². The van der Waals surface area contributed by atoms with Crippen LogP contribution in [0.2, 0.25) is 0 Å². The van der Waals surface area contributed by atoms with E-state index in [9.17, 15) is 4.79 Å². The van der Waals surface area contributed by atoms with E-state index in [2.05, 4.69) is 20.6 Å². The van der Waals surface area contributed by atoms with E-state index in [0.29, 0.717) is 11.4 Å². The van der Waals surface area contributed by atoms with E-state index in [1.165, 1.54) is 6.33 Å². The molecule has 1 aromatic heterocycles. The Morgan fingerprint density at radius 2 is 1.96 bits per heavy atom. The largest absolute Gasteiger partial charge is 0.395 e. The molecule has 0 unspecified atom stereocenters. The number of nitrogens with one attached hydrogen (secondary N) is 2. The Labute approximate surface area is 133 Å². The van der Waals surface area contributed by atoms with Crippen LogP contribution in [-0.4, -0.2) is 34.1 Å². The first-order valence-corrected chi connectivity index (χ1v) is 7.24. The Bertz CT molecular complexity index is 830. The zero-order valence-electron chi connectivity index (χ0n) is 12.4. The van der Waals surface area contributed by atoms with Crippen molar-refractivity contribution in [1.29, 1.82) is 0 Å². The summed E-state index contributed by atoms with van der Waals surface area (Å²) in [7, 11) is 0. The predicted octanol–water partition coefficient (Wildman–Crippen LogP) is 2.10. The van der Waals surface area contributed by atoms with Gasteiger partial charge >= 0.3 is 0 Å². The maximum absolute atomic E-state index is 11.9. The molecular weight excluding hydrogens is 292 g/mol. The van der Waals surface area contributed by atoms with Crippen LogP contribution in [0.4, 0.5) is 11.5 Å². The molecule has 0 fully saturated rings. The molecule has 0 saturated heterocycles. The van der Waals surface area contributed by atoms with Gasteiger partial charge in [-0.25, -0.2) is 9.97 Å². The molecule has 0 aliphatic heterocycles. The Morgan fingerprint density at radius 3 is 2.83 bits per heavy atom. The van der Waals surface area contributed by atoms with Crippen molar-refractivity contribution in [3.8, 4) is 0 Å². The Kier molecular flexibility index (Phi) is 4.44. The average Bonchev–Trinajstić information content (AvgIpc) is 2.60. The summed E-state index contributed by atoms with van der Waals surface area (Å²) in [6.45, 7) is 0.143. The lowest BCUT2D eigenvalue weighted by molar-refractivity contribution is 0.0945. The van der Waals surface area contributed by atoms with E-state index in [0.717, 1.165) is 16.6 Å². The van der Waals surface area contributed by atoms with E-state index < -0.39 is 0 Å². The number of carbonyl (C=O) groups excluding carboxylic acids is 1. The predicted molar refractivity (Wildman–Crippen MR) is 88.7 cm³/mol. The molecule has 6 heteroatoms. The third kappa shape index (κ3) is 3.44. The van der Waals surface area contributed by atoms with Crippen molar-refractivity contribution in [2.24, 2.45) is 0 Å². The first-order chi connectivity index (χ1) is 11.3. The van der Waals surface area contributed by atoms with Crippen molar-refractivity contribution in [1.82, 2.24) is 15.3 Å². The summed E-state index contributed by atoms with van der Waals surface area (Å²) in [5.41, 5.74) is 2.12. The number of amides is 1. The van der Waals surface area contributed by atoms with Crippen molar-refractivity contribution >= 4 is 28.3 Å². The number of fused-ring (bicyclic) bond motifs is 1. The number of benzene rings is 2. The number of rotatable bonds is 5. The number of carbonyl (C=O) groups is 1. The van der Waals surface area contributed by atoms with Gasteiger partial charge in [-0.3, -0.25) is 4.79 Å². The fraction of sp³-hybridized carbons (Fsp3) is 0.118.